The lowest BCUT2D eigenvalue weighted by molar-refractivity contribution is -0.119. The fraction of sp³-hybridized carbons (Fsp3) is 0.462. The van der Waals surface area contributed by atoms with E-state index in [0.717, 1.165) is 37.2 Å². The maximum absolute atomic E-state index is 11.8. The van der Waals surface area contributed by atoms with E-state index >= 15 is 0 Å². The van der Waals surface area contributed by atoms with Crippen LogP contribution in [0.2, 0.25) is 0 Å². The van der Waals surface area contributed by atoms with E-state index in [-0.39, 0.29) is 5.91 Å². The zero-order valence-corrected chi connectivity index (χ0v) is 9.78. The SMILES string of the molecule is Nc1cccc2c1N(CC(=O)NC1CC1)CC2. The van der Waals surface area contributed by atoms with Gasteiger partial charge in [0, 0.05) is 12.6 Å². The molecule has 0 unspecified atom stereocenters. The first-order chi connectivity index (χ1) is 8.24. The van der Waals surface area contributed by atoms with Crippen molar-refractivity contribution < 1.29 is 4.79 Å². The van der Waals surface area contributed by atoms with E-state index in [0.29, 0.717) is 12.6 Å². The quantitative estimate of drug-likeness (QED) is 0.760. The maximum atomic E-state index is 11.8. The van der Waals surface area contributed by atoms with Crippen LogP contribution in [0, 0.1) is 0 Å². The van der Waals surface area contributed by atoms with Crippen LogP contribution >= 0.6 is 0 Å². The largest absolute Gasteiger partial charge is 0.397 e. The normalized spacial score (nSPS) is 18.0. The van der Waals surface area contributed by atoms with Crippen LogP contribution in [0.5, 0.6) is 0 Å². The molecule has 3 N–H and O–H groups in total. The summed E-state index contributed by atoms with van der Waals surface area (Å²) in [6.45, 7) is 1.32. The lowest BCUT2D eigenvalue weighted by Gasteiger charge is -2.20. The molecular formula is C13H17N3O. The minimum Gasteiger partial charge on any atom is -0.397 e. The Morgan fingerprint density at radius 2 is 2.29 bits per heavy atom. The number of nitrogens with two attached hydrogens (primary N) is 1. The summed E-state index contributed by atoms with van der Waals surface area (Å²) in [6.07, 6.45) is 3.24. The second-order valence-electron chi connectivity index (χ2n) is 4.87. The molecule has 0 radical (unpaired) electrons. The molecule has 1 aromatic rings. The molecule has 1 aliphatic heterocycles. The summed E-state index contributed by atoms with van der Waals surface area (Å²) in [5.41, 5.74) is 9.06. The molecule has 0 bridgehead atoms. The van der Waals surface area contributed by atoms with Crippen molar-refractivity contribution in [3.05, 3.63) is 23.8 Å². The van der Waals surface area contributed by atoms with Crippen molar-refractivity contribution in [2.45, 2.75) is 25.3 Å². The zero-order valence-electron chi connectivity index (χ0n) is 9.78. The Labute approximate surface area is 101 Å². The van der Waals surface area contributed by atoms with Gasteiger partial charge in [0.15, 0.2) is 0 Å². The molecule has 4 heteroatoms. The number of amides is 1. The Morgan fingerprint density at radius 3 is 3.06 bits per heavy atom. The van der Waals surface area contributed by atoms with E-state index < -0.39 is 0 Å². The third kappa shape index (κ3) is 2.07. The van der Waals surface area contributed by atoms with E-state index in [2.05, 4.69) is 16.3 Å². The lowest BCUT2D eigenvalue weighted by Crippen LogP contribution is -2.37. The molecule has 1 aromatic carbocycles. The highest BCUT2D eigenvalue weighted by Crippen LogP contribution is 2.33. The molecule has 3 rings (SSSR count). The number of rotatable bonds is 3. The standard InChI is InChI=1S/C13H17N3O/c14-11-3-1-2-9-6-7-16(13(9)11)8-12(17)15-10-4-5-10/h1-3,10H,4-8,14H2,(H,15,17). The van der Waals surface area contributed by atoms with Gasteiger partial charge in [-0.25, -0.2) is 0 Å². The van der Waals surface area contributed by atoms with Crippen LogP contribution in [0.4, 0.5) is 11.4 Å². The number of nitrogens with one attached hydrogen (secondary N) is 1. The van der Waals surface area contributed by atoms with Gasteiger partial charge in [0.05, 0.1) is 17.9 Å². The number of nitrogen functional groups attached to an aromatic ring is 1. The summed E-state index contributed by atoms with van der Waals surface area (Å²) in [6, 6.07) is 6.39. The zero-order chi connectivity index (χ0) is 11.8. The van der Waals surface area contributed by atoms with E-state index in [1.54, 1.807) is 0 Å². The maximum Gasteiger partial charge on any atom is 0.239 e. The monoisotopic (exact) mass is 231 g/mol. The molecule has 0 spiro atoms. The predicted molar refractivity (Wildman–Crippen MR) is 67.9 cm³/mol. The molecular weight excluding hydrogens is 214 g/mol. The topological polar surface area (TPSA) is 58.4 Å². The van der Waals surface area contributed by atoms with E-state index in [1.807, 2.05) is 12.1 Å². The highest BCUT2D eigenvalue weighted by molar-refractivity contribution is 5.85. The molecule has 2 aliphatic rings. The van der Waals surface area contributed by atoms with E-state index in [4.69, 9.17) is 5.73 Å². The number of hydrogen-bond donors (Lipinski definition) is 2. The van der Waals surface area contributed by atoms with Crippen molar-refractivity contribution in [2.75, 3.05) is 23.7 Å². The third-order valence-corrected chi connectivity index (χ3v) is 3.40. The van der Waals surface area contributed by atoms with Crippen LogP contribution in [0.3, 0.4) is 0 Å². The number of para-hydroxylation sites is 1. The van der Waals surface area contributed by atoms with Crippen LogP contribution in [0.15, 0.2) is 18.2 Å². The molecule has 1 heterocycles. The lowest BCUT2D eigenvalue weighted by atomic mass is 10.1. The van der Waals surface area contributed by atoms with Crippen LogP contribution < -0.4 is 16.0 Å². The Balaban J connectivity index is 1.72. The second kappa shape index (κ2) is 3.95. The predicted octanol–water partition coefficient (Wildman–Crippen LogP) is 0.910. The minimum absolute atomic E-state index is 0.114. The molecule has 1 fully saturated rings. The number of anilines is 2. The fourth-order valence-corrected chi connectivity index (χ4v) is 2.40. The summed E-state index contributed by atoms with van der Waals surface area (Å²) < 4.78 is 0. The van der Waals surface area contributed by atoms with Gasteiger partial charge in [-0.15, -0.1) is 0 Å². The van der Waals surface area contributed by atoms with Crippen molar-refractivity contribution >= 4 is 17.3 Å². The Hall–Kier alpha value is -1.71. The van der Waals surface area contributed by atoms with Crippen molar-refractivity contribution in [3.63, 3.8) is 0 Å². The smallest absolute Gasteiger partial charge is 0.239 e. The van der Waals surface area contributed by atoms with E-state index in [9.17, 15) is 4.79 Å². The summed E-state index contributed by atoms with van der Waals surface area (Å²) in [4.78, 5) is 13.9. The first-order valence-corrected chi connectivity index (χ1v) is 6.16. The van der Waals surface area contributed by atoms with Gasteiger partial charge < -0.3 is 16.0 Å². The fourth-order valence-electron chi connectivity index (χ4n) is 2.40. The van der Waals surface area contributed by atoms with Gasteiger partial charge in [-0.05, 0) is 30.9 Å². The van der Waals surface area contributed by atoms with Crippen LogP contribution in [-0.2, 0) is 11.2 Å². The van der Waals surface area contributed by atoms with Crippen molar-refractivity contribution in [1.82, 2.24) is 5.32 Å². The second-order valence-corrected chi connectivity index (χ2v) is 4.87. The van der Waals surface area contributed by atoms with Gasteiger partial charge in [-0.1, -0.05) is 12.1 Å². The van der Waals surface area contributed by atoms with Crippen molar-refractivity contribution in [3.8, 4) is 0 Å². The van der Waals surface area contributed by atoms with Crippen molar-refractivity contribution in [2.24, 2.45) is 0 Å². The highest BCUT2D eigenvalue weighted by Gasteiger charge is 2.27. The molecule has 0 atom stereocenters. The summed E-state index contributed by atoms with van der Waals surface area (Å²) in [5, 5.41) is 3.01. The number of fused-ring (bicyclic) bond motifs is 1. The summed E-state index contributed by atoms with van der Waals surface area (Å²) >= 11 is 0. The molecule has 0 saturated heterocycles. The number of hydrogen-bond acceptors (Lipinski definition) is 3. The van der Waals surface area contributed by atoms with Crippen LogP contribution in [-0.4, -0.2) is 25.0 Å². The van der Waals surface area contributed by atoms with Gasteiger partial charge in [0.25, 0.3) is 0 Å². The Bertz CT molecular complexity index is 454. The first kappa shape index (κ1) is 10.4. The van der Waals surface area contributed by atoms with Crippen LogP contribution in [0.1, 0.15) is 18.4 Å². The minimum atomic E-state index is 0.114. The first-order valence-electron chi connectivity index (χ1n) is 6.16. The highest BCUT2D eigenvalue weighted by atomic mass is 16.2. The Kier molecular flexibility index (Phi) is 2.42. The van der Waals surface area contributed by atoms with Gasteiger partial charge in [0.1, 0.15) is 0 Å². The Morgan fingerprint density at radius 1 is 1.47 bits per heavy atom. The van der Waals surface area contributed by atoms with Crippen molar-refractivity contribution in [1.29, 1.82) is 0 Å². The number of nitrogens with zero attached hydrogens (tertiary/aromatic N) is 1. The van der Waals surface area contributed by atoms with Gasteiger partial charge in [0.2, 0.25) is 5.91 Å². The molecule has 1 amide bonds. The molecule has 1 aliphatic carbocycles. The van der Waals surface area contributed by atoms with Gasteiger partial charge >= 0.3 is 0 Å². The number of carbonyl (C=O) groups excluding carboxylic acids is 1. The van der Waals surface area contributed by atoms with E-state index in [1.165, 1.54) is 5.56 Å². The number of carbonyl (C=O) groups is 1. The number of benzene rings is 1. The molecule has 17 heavy (non-hydrogen) atoms. The molecule has 0 aromatic heterocycles. The average molecular weight is 231 g/mol. The van der Waals surface area contributed by atoms with Gasteiger partial charge in [-0.2, -0.15) is 0 Å². The van der Waals surface area contributed by atoms with Gasteiger partial charge in [-0.3, -0.25) is 4.79 Å². The molecule has 4 nitrogen and oxygen atoms in total. The average Bonchev–Trinajstić information content (AvgIpc) is 3.00. The summed E-state index contributed by atoms with van der Waals surface area (Å²) in [5.74, 6) is 0.114. The third-order valence-electron chi connectivity index (χ3n) is 3.40. The molecule has 90 valence electrons. The van der Waals surface area contributed by atoms with Crippen LogP contribution in [0.25, 0.3) is 0 Å². The summed E-state index contributed by atoms with van der Waals surface area (Å²) in [7, 11) is 0. The molecule has 1 saturated carbocycles.